The number of nitrogens with zero attached hydrogens (tertiary/aromatic N) is 3. The standard InChI is InChI=1S/C23H28N4O4S/c1-5-12-27-19(13-17(3)24-27)15-26(4)22-11-8-18(14-21(22)23(28)29)25-32(30,31)20-9-6-16(2)7-10-20/h6-11,13-14,25H,5,12,15H2,1-4H3,(H,28,29). The highest BCUT2D eigenvalue weighted by Gasteiger charge is 2.19. The van der Waals surface area contributed by atoms with Gasteiger partial charge in [-0.15, -0.1) is 0 Å². The van der Waals surface area contributed by atoms with E-state index < -0.39 is 16.0 Å². The molecule has 0 unspecified atom stereocenters. The van der Waals surface area contributed by atoms with Gasteiger partial charge in [0, 0.05) is 19.3 Å². The summed E-state index contributed by atoms with van der Waals surface area (Å²) in [5.41, 5.74) is 3.51. The smallest absolute Gasteiger partial charge is 0.337 e. The number of hydrogen-bond acceptors (Lipinski definition) is 5. The lowest BCUT2D eigenvalue weighted by molar-refractivity contribution is 0.0697. The Morgan fingerprint density at radius 3 is 2.44 bits per heavy atom. The minimum absolute atomic E-state index is 0.00915. The van der Waals surface area contributed by atoms with E-state index in [9.17, 15) is 18.3 Å². The Labute approximate surface area is 188 Å². The number of sulfonamides is 1. The number of aromatic carboxylic acids is 1. The molecule has 1 heterocycles. The van der Waals surface area contributed by atoms with E-state index in [0.717, 1.165) is 29.9 Å². The van der Waals surface area contributed by atoms with Gasteiger partial charge in [0.05, 0.1) is 34.1 Å². The molecule has 0 aliphatic heterocycles. The number of carboxylic acid groups (broad SMARTS) is 1. The number of anilines is 2. The number of rotatable bonds is 9. The van der Waals surface area contributed by atoms with E-state index in [1.54, 1.807) is 31.3 Å². The molecular formula is C23H28N4O4S. The summed E-state index contributed by atoms with van der Waals surface area (Å²) in [6, 6.07) is 13.0. The molecule has 0 fully saturated rings. The van der Waals surface area contributed by atoms with Gasteiger partial charge in [-0.2, -0.15) is 5.10 Å². The Morgan fingerprint density at radius 2 is 1.81 bits per heavy atom. The molecule has 0 saturated heterocycles. The summed E-state index contributed by atoms with van der Waals surface area (Å²) in [7, 11) is -2.03. The number of carboxylic acids is 1. The summed E-state index contributed by atoms with van der Waals surface area (Å²) in [4.78, 5) is 13.9. The van der Waals surface area contributed by atoms with Crippen molar-refractivity contribution in [2.45, 2.75) is 45.2 Å². The van der Waals surface area contributed by atoms with Crippen LogP contribution in [-0.4, -0.2) is 36.3 Å². The molecule has 0 amide bonds. The Bertz CT molecular complexity index is 1220. The van der Waals surface area contributed by atoms with Crippen LogP contribution in [0.1, 0.15) is 40.7 Å². The van der Waals surface area contributed by atoms with Gasteiger partial charge >= 0.3 is 5.97 Å². The highest BCUT2D eigenvalue weighted by Crippen LogP contribution is 2.27. The van der Waals surface area contributed by atoms with Crippen molar-refractivity contribution < 1.29 is 18.3 Å². The van der Waals surface area contributed by atoms with Gasteiger partial charge in [0.2, 0.25) is 0 Å². The molecular weight excluding hydrogens is 428 g/mol. The fourth-order valence-corrected chi connectivity index (χ4v) is 4.54. The zero-order valence-corrected chi connectivity index (χ0v) is 19.5. The van der Waals surface area contributed by atoms with Crippen molar-refractivity contribution in [2.24, 2.45) is 0 Å². The predicted molar refractivity (Wildman–Crippen MR) is 125 cm³/mol. The first-order valence-electron chi connectivity index (χ1n) is 10.3. The monoisotopic (exact) mass is 456 g/mol. The summed E-state index contributed by atoms with van der Waals surface area (Å²) >= 11 is 0. The highest BCUT2D eigenvalue weighted by molar-refractivity contribution is 7.92. The Hall–Kier alpha value is -3.33. The number of nitrogens with one attached hydrogen (secondary N) is 1. The number of hydrogen-bond donors (Lipinski definition) is 2. The maximum Gasteiger partial charge on any atom is 0.337 e. The second-order valence-corrected chi connectivity index (χ2v) is 9.49. The van der Waals surface area contributed by atoms with Crippen molar-refractivity contribution >= 4 is 27.4 Å². The average molecular weight is 457 g/mol. The molecule has 0 aliphatic carbocycles. The van der Waals surface area contributed by atoms with Gasteiger partial charge in [0.15, 0.2) is 0 Å². The molecule has 32 heavy (non-hydrogen) atoms. The molecule has 0 saturated carbocycles. The van der Waals surface area contributed by atoms with E-state index in [1.807, 2.05) is 29.5 Å². The van der Waals surface area contributed by atoms with E-state index in [0.29, 0.717) is 12.2 Å². The molecule has 3 aromatic rings. The molecule has 0 atom stereocenters. The van der Waals surface area contributed by atoms with Crippen LogP contribution in [0.25, 0.3) is 0 Å². The van der Waals surface area contributed by atoms with Gasteiger partial charge in [-0.1, -0.05) is 24.6 Å². The molecule has 0 spiro atoms. The molecule has 0 aliphatic rings. The van der Waals surface area contributed by atoms with Crippen LogP contribution in [-0.2, 0) is 23.1 Å². The SMILES string of the molecule is CCCn1nc(C)cc1CN(C)c1ccc(NS(=O)(=O)c2ccc(C)cc2)cc1C(=O)O. The summed E-state index contributed by atoms with van der Waals surface area (Å²) < 4.78 is 29.8. The van der Waals surface area contributed by atoms with Crippen molar-refractivity contribution in [1.82, 2.24) is 9.78 Å². The van der Waals surface area contributed by atoms with Crippen LogP contribution in [0.15, 0.2) is 53.4 Å². The van der Waals surface area contributed by atoms with Crippen LogP contribution in [0, 0.1) is 13.8 Å². The number of aryl methyl sites for hydroxylation is 3. The third-order valence-corrected chi connectivity index (χ3v) is 6.44. The highest BCUT2D eigenvalue weighted by atomic mass is 32.2. The zero-order valence-electron chi connectivity index (χ0n) is 18.7. The van der Waals surface area contributed by atoms with Crippen LogP contribution in [0.3, 0.4) is 0 Å². The summed E-state index contributed by atoms with van der Waals surface area (Å²) in [5, 5.41) is 14.3. The van der Waals surface area contributed by atoms with Crippen LogP contribution in [0.5, 0.6) is 0 Å². The molecule has 0 radical (unpaired) electrons. The number of benzene rings is 2. The lowest BCUT2D eigenvalue weighted by Gasteiger charge is -2.22. The minimum atomic E-state index is -3.83. The van der Waals surface area contributed by atoms with Crippen molar-refractivity contribution in [3.8, 4) is 0 Å². The molecule has 2 aromatic carbocycles. The van der Waals surface area contributed by atoms with Gasteiger partial charge in [0.25, 0.3) is 10.0 Å². The Balaban J connectivity index is 1.87. The van der Waals surface area contributed by atoms with Crippen LogP contribution >= 0.6 is 0 Å². The predicted octanol–water partition coefficient (Wildman–Crippen LogP) is 4.05. The largest absolute Gasteiger partial charge is 0.478 e. The van der Waals surface area contributed by atoms with Crippen LogP contribution in [0.2, 0.25) is 0 Å². The normalized spacial score (nSPS) is 11.4. The topological polar surface area (TPSA) is 105 Å². The summed E-state index contributed by atoms with van der Waals surface area (Å²) in [5.74, 6) is -1.14. The summed E-state index contributed by atoms with van der Waals surface area (Å²) in [6.07, 6.45) is 0.939. The van der Waals surface area contributed by atoms with Crippen molar-refractivity contribution in [2.75, 3.05) is 16.7 Å². The molecule has 3 rings (SSSR count). The van der Waals surface area contributed by atoms with E-state index in [-0.39, 0.29) is 16.1 Å². The maximum atomic E-state index is 12.7. The molecule has 0 bridgehead atoms. The van der Waals surface area contributed by atoms with E-state index in [1.165, 1.54) is 18.2 Å². The molecule has 170 valence electrons. The molecule has 2 N–H and O–H groups in total. The van der Waals surface area contributed by atoms with Gasteiger partial charge in [-0.25, -0.2) is 13.2 Å². The zero-order chi connectivity index (χ0) is 23.5. The summed E-state index contributed by atoms with van der Waals surface area (Å²) in [6.45, 7) is 7.11. The Kier molecular flexibility index (Phi) is 6.88. The van der Waals surface area contributed by atoms with Crippen LogP contribution < -0.4 is 9.62 Å². The van der Waals surface area contributed by atoms with Crippen molar-refractivity contribution in [1.29, 1.82) is 0 Å². The van der Waals surface area contributed by atoms with Gasteiger partial charge in [-0.3, -0.25) is 9.40 Å². The van der Waals surface area contributed by atoms with Crippen LogP contribution in [0.4, 0.5) is 11.4 Å². The number of aromatic nitrogens is 2. The third-order valence-electron chi connectivity index (χ3n) is 5.04. The third kappa shape index (κ3) is 5.28. The minimum Gasteiger partial charge on any atom is -0.478 e. The Morgan fingerprint density at radius 1 is 1.12 bits per heavy atom. The van der Waals surface area contributed by atoms with Crippen molar-refractivity contribution in [3.05, 3.63) is 71.0 Å². The van der Waals surface area contributed by atoms with E-state index >= 15 is 0 Å². The lowest BCUT2D eigenvalue weighted by Crippen LogP contribution is -2.22. The van der Waals surface area contributed by atoms with Gasteiger partial charge in [-0.05, 0) is 56.7 Å². The first-order valence-corrected chi connectivity index (χ1v) is 11.8. The molecule has 9 heteroatoms. The van der Waals surface area contributed by atoms with E-state index in [2.05, 4.69) is 16.7 Å². The lowest BCUT2D eigenvalue weighted by atomic mass is 10.1. The number of carbonyl (C=O) groups is 1. The molecule has 8 nitrogen and oxygen atoms in total. The average Bonchev–Trinajstić information content (AvgIpc) is 3.06. The fraction of sp³-hybridized carbons (Fsp3) is 0.304. The van der Waals surface area contributed by atoms with Gasteiger partial charge < -0.3 is 10.0 Å². The fourth-order valence-electron chi connectivity index (χ4n) is 3.50. The maximum absolute atomic E-state index is 12.7. The van der Waals surface area contributed by atoms with Crippen molar-refractivity contribution in [3.63, 3.8) is 0 Å². The second-order valence-electron chi connectivity index (χ2n) is 7.81. The second kappa shape index (κ2) is 9.44. The van der Waals surface area contributed by atoms with Gasteiger partial charge in [0.1, 0.15) is 0 Å². The van der Waals surface area contributed by atoms with E-state index in [4.69, 9.17) is 0 Å². The first-order chi connectivity index (χ1) is 15.1. The molecule has 1 aromatic heterocycles. The quantitative estimate of drug-likeness (QED) is 0.503. The first kappa shape index (κ1) is 23.3.